The SMILES string of the molecule is O=C1CCC2CN(C(=O)c3ccc(F)nc3)CCC2N1. The van der Waals surface area contributed by atoms with Gasteiger partial charge in [0.05, 0.1) is 5.56 Å². The molecule has 1 aromatic rings. The van der Waals surface area contributed by atoms with Crippen LogP contribution in [0.25, 0.3) is 0 Å². The number of hydrogen-bond acceptors (Lipinski definition) is 3. The summed E-state index contributed by atoms with van der Waals surface area (Å²) < 4.78 is 12.8. The number of aromatic nitrogens is 1. The van der Waals surface area contributed by atoms with Crippen LogP contribution in [0.4, 0.5) is 4.39 Å². The maximum atomic E-state index is 12.8. The number of nitrogens with zero attached hydrogens (tertiary/aromatic N) is 2. The predicted molar refractivity (Wildman–Crippen MR) is 69.4 cm³/mol. The average Bonchev–Trinajstić information content (AvgIpc) is 2.47. The minimum Gasteiger partial charge on any atom is -0.353 e. The van der Waals surface area contributed by atoms with Crippen LogP contribution in [0.5, 0.6) is 0 Å². The van der Waals surface area contributed by atoms with Gasteiger partial charge in [-0.15, -0.1) is 0 Å². The molecule has 106 valence electrons. The average molecular weight is 277 g/mol. The molecule has 2 aliphatic rings. The van der Waals surface area contributed by atoms with Crippen molar-refractivity contribution in [1.29, 1.82) is 0 Å². The first-order valence-corrected chi connectivity index (χ1v) is 6.83. The molecular weight excluding hydrogens is 261 g/mol. The summed E-state index contributed by atoms with van der Waals surface area (Å²) >= 11 is 0. The van der Waals surface area contributed by atoms with Crippen LogP contribution in [0.2, 0.25) is 0 Å². The van der Waals surface area contributed by atoms with Crippen LogP contribution < -0.4 is 5.32 Å². The van der Waals surface area contributed by atoms with Crippen LogP contribution in [0.1, 0.15) is 29.6 Å². The molecule has 0 saturated carbocycles. The lowest BCUT2D eigenvalue weighted by Crippen LogP contribution is -2.55. The van der Waals surface area contributed by atoms with Crippen molar-refractivity contribution in [2.75, 3.05) is 13.1 Å². The number of pyridine rings is 1. The van der Waals surface area contributed by atoms with Gasteiger partial charge in [-0.1, -0.05) is 0 Å². The van der Waals surface area contributed by atoms with E-state index < -0.39 is 5.95 Å². The standard InChI is InChI=1S/C14H16FN3O2/c15-12-3-1-9(7-16-12)14(20)18-6-5-11-10(8-18)2-4-13(19)17-11/h1,3,7,10-11H,2,4-6,8H2,(H,17,19). The second-order valence-corrected chi connectivity index (χ2v) is 5.38. The lowest BCUT2D eigenvalue weighted by molar-refractivity contribution is -0.125. The number of likely N-dealkylation sites (tertiary alicyclic amines) is 1. The molecule has 2 atom stereocenters. The Bertz CT molecular complexity index is 532. The van der Waals surface area contributed by atoms with E-state index in [0.717, 1.165) is 12.8 Å². The second-order valence-electron chi connectivity index (χ2n) is 5.38. The maximum Gasteiger partial charge on any atom is 0.255 e. The summed E-state index contributed by atoms with van der Waals surface area (Å²) in [4.78, 5) is 29.0. The van der Waals surface area contributed by atoms with Crippen molar-refractivity contribution in [1.82, 2.24) is 15.2 Å². The molecule has 0 bridgehead atoms. The monoisotopic (exact) mass is 277 g/mol. The molecule has 2 aliphatic heterocycles. The van der Waals surface area contributed by atoms with Crippen molar-refractivity contribution in [3.05, 3.63) is 29.8 Å². The second kappa shape index (κ2) is 5.19. The fraction of sp³-hybridized carbons (Fsp3) is 0.500. The highest BCUT2D eigenvalue weighted by molar-refractivity contribution is 5.94. The zero-order valence-corrected chi connectivity index (χ0v) is 11.0. The lowest BCUT2D eigenvalue weighted by atomic mass is 9.85. The maximum absolute atomic E-state index is 12.8. The topological polar surface area (TPSA) is 62.3 Å². The Morgan fingerprint density at radius 3 is 3.00 bits per heavy atom. The molecule has 1 N–H and O–H groups in total. The Labute approximate surface area is 116 Å². The molecule has 0 radical (unpaired) electrons. The first-order chi connectivity index (χ1) is 9.63. The van der Waals surface area contributed by atoms with Gasteiger partial charge in [-0.2, -0.15) is 4.39 Å². The van der Waals surface area contributed by atoms with Gasteiger partial charge in [-0.25, -0.2) is 4.98 Å². The highest BCUT2D eigenvalue weighted by atomic mass is 19.1. The molecule has 6 heteroatoms. The van der Waals surface area contributed by atoms with Crippen molar-refractivity contribution >= 4 is 11.8 Å². The van der Waals surface area contributed by atoms with Gasteiger partial charge < -0.3 is 10.2 Å². The molecule has 2 saturated heterocycles. The van der Waals surface area contributed by atoms with Crippen molar-refractivity contribution in [2.24, 2.45) is 5.92 Å². The van der Waals surface area contributed by atoms with E-state index in [1.54, 1.807) is 4.90 Å². The Morgan fingerprint density at radius 1 is 1.40 bits per heavy atom. The molecule has 2 unspecified atom stereocenters. The summed E-state index contributed by atoms with van der Waals surface area (Å²) in [7, 11) is 0. The van der Waals surface area contributed by atoms with Crippen molar-refractivity contribution < 1.29 is 14.0 Å². The van der Waals surface area contributed by atoms with Crippen LogP contribution >= 0.6 is 0 Å². The zero-order chi connectivity index (χ0) is 14.1. The van der Waals surface area contributed by atoms with Crippen molar-refractivity contribution in [2.45, 2.75) is 25.3 Å². The Hall–Kier alpha value is -1.98. The third-order valence-corrected chi connectivity index (χ3v) is 4.08. The third-order valence-electron chi connectivity index (χ3n) is 4.08. The molecule has 2 amide bonds. The third kappa shape index (κ3) is 2.50. The molecule has 3 heterocycles. The summed E-state index contributed by atoms with van der Waals surface area (Å²) in [5.41, 5.74) is 0.407. The van der Waals surface area contributed by atoms with E-state index in [4.69, 9.17) is 0 Å². The Kier molecular flexibility index (Phi) is 3.38. The lowest BCUT2D eigenvalue weighted by Gasteiger charge is -2.41. The van der Waals surface area contributed by atoms with Crippen LogP contribution in [0.15, 0.2) is 18.3 Å². The van der Waals surface area contributed by atoms with Crippen LogP contribution in [-0.2, 0) is 4.79 Å². The number of carbonyl (C=O) groups is 2. The molecule has 0 aliphatic carbocycles. The first-order valence-electron chi connectivity index (χ1n) is 6.83. The number of nitrogens with one attached hydrogen (secondary N) is 1. The van der Waals surface area contributed by atoms with Gasteiger partial charge in [0.15, 0.2) is 0 Å². The first kappa shape index (κ1) is 13.0. The molecule has 3 rings (SSSR count). The highest BCUT2D eigenvalue weighted by Crippen LogP contribution is 2.26. The van der Waals surface area contributed by atoms with E-state index in [-0.39, 0.29) is 17.9 Å². The van der Waals surface area contributed by atoms with Crippen LogP contribution in [0, 0.1) is 11.9 Å². The van der Waals surface area contributed by atoms with E-state index in [1.807, 2.05) is 0 Å². The van der Waals surface area contributed by atoms with Gasteiger partial charge in [-0.05, 0) is 30.9 Å². The highest BCUT2D eigenvalue weighted by Gasteiger charge is 2.35. The van der Waals surface area contributed by atoms with Crippen molar-refractivity contribution in [3.8, 4) is 0 Å². The minimum atomic E-state index is -0.588. The van der Waals surface area contributed by atoms with Gasteiger partial charge in [-0.3, -0.25) is 9.59 Å². The van der Waals surface area contributed by atoms with Gasteiger partial charge in [0.25, 0.3) is 5.91 Å². The number of carbonyl (C=O) groups excluding carboxylic acids is 2. The van der Waals surface area contributed by atoms with Crippen LogP contribution in [0.3, 0.4) is 0 Å². The smallest absolute Gasteiger partial charge is 0.255 e. The summed E-state index contributed by atoms with van der Waals surface area (Å²) in [6.45, 7) is 1.25. The minimum absolute atomic E-state index is 0.105. The molecule has 0 aromatic carbocycles. The quantitative estimate of drug-likeness (QED) is 0.778. The van der Waals surface area contributed by atoms with Gasteiger partial charge in [0.2, 0.25) is 11.9 Å². The summed E-state index contributed by atoms with van der Waals surface area (Å²) in [6.07, 6.45) is 3.40. The summed E-state index contributed by atoms with van der Waals surface area (Å²) in [5, 5.41) is 2.99. The van der Waals surface area contributed by atoms with E-state index in [2.05, 4.69) is 10.3 Å². The number of fused-ring (bicyclic) bond motifs is 1. The molecule has 2 fully saturated rings. The fourth-order valence-electron chi connectivity index (χ4n) is 2.98. The Balaban J connectivity index is 1.68. The normalized spacial score (nSPS) is 25.9. The number of halogens is 1. The van der Waals surface area contributed by atoms with E-state index >= 15 is 0 Å². The zero-order valence-electron chi connectivity index (χ0n) is 11.0. The van der Waals surface area contributed by atoms with E-state index in [1.165, 1.54) is 18.3 Å². The molecule has 0 spiro atoms. The van der Waals surface area contributed by atoms with Crippen LogP contribution in [-0.4, -0.2) is 40.8 Å². The summed E-state index contributed by atoms with van der Waals surface area (Å²) in [6, 6.07) is 2.84. The number of amides is 2. The number of hydrogen-bond donors (Lipinski definition) is 1. The van der Waals surface area contributed by atoms with Crippen molar-refractivity contribution in [3.63, 3.8) is 0 Å². The molecule has 5 nitrogen and oxygen atoms in total. The Morgan fingerprint density at radius 2 is 2.25 bits per heavy atom. The van der Waals surface area contributed by atoms with Gasteiger partial charge in [0, 0.05) is 31.7 Å². The number of rotatable bonds is 1. The van der Waals surface area contributed by atoms with E-state index in [0.29, 0.717) is 31.0 Å². The largest absolute Gasteiger partial charge is 0.353 e. The van der Waals surface area contributed by atoms with E-state index in [9.17, 15) is 14.0 Å². The molecule has 1 aromatic heterocycles. The van der Waals surface area contributed by atoms with Gasteiger partial charge >= 0.3 is 0 Å². The summed E-state index contributed by atoms with van der Waals surface area (Å²) in [5.74, 6) is -0.282. The predicted octanol–water partition coefficient (Wildman–Crippen LogP) is 0.961. The fourth-order valence-corrected chi connectivity index (χ4v) is 2.98. The molecular formula is C14H16FN3O2. The van der Waals surface area contributed by atoms with Gasteiger partial charge in [0.1, 0.15) is 0 Å². The number of piperidine rings is 2. The molecule has 20 heavy (non-hydrogen) atoms.